The maximum atomic E-state index is 5.10. The number of hydrogen-bond donors (Lipinski definition) is 2. The van der Waals surface area contributed by atoms with Gasteiger partial charge in [0.05, 0.1) is 7.05 Å². The van der Waals surface area contributed by atoms with Gasteiger partial charge in [-0.25, -0.2) is 0 Å². The van der Waals surface area contributed by atoms with E-state index >= 15 is 0 Å². The summed E-state index contributed by atoms with van der Waals surface area (Å²) in [5.74, 6) is 0.755. The van der Waals surface area contributed by atoms with Crippen molar-refractivity contribution in [2.75, 3.05) is 7.05 Å². The van der Waals surface area contributed by atoms with E-state index in [4.69, 9.17) is 5.73 Å². The molecule has 0 fully saturated rings. The molecule has 0 unspecified atom stereocenters. The zero-order valence-electron chi connectivity index (χ0n) is 3.58. The van der Waals surface area contributed by atoms with Crippen molar-refractivity contribution >= 4 is 5.84 Å². The van der Waals surface area contributed by atoms with Crippen molar-refractivity contribution in [2.45, 2.75) is 6.92 Å². The number of nitrogens with one attached hydrogen (secondary N) is 1. The lowest BCUT2D eigenvalue weighted by atomic mass is 10.7. The van der Waals surface area contributed by atoms with Crippen LogP contribution in [0.3, 0.4) is 0 Å². The molecule has 0 atom stereocenters. The van der Waals surface area contributed by atoms with Crippen LogP contribution in [0.2, 0.25) is 0 Å². The fraction of sp³-hybridized carbons (Fsp3) is 0.667. The Hall–Kier alpha value is -0.530. The van der Waals surface area contributed by atoms with E-state index in [0.717, 1.165) is 5.84 Å². The van der Waals surface area contributed by atoms with Crippen molar-refractivity contribution in [1.29, 1.82) is 0 Å². The van der Waals surface area contributed by atoms with Crippen LogP contribution in [0, 0.1) is 0 Å². The predicted molar refractivity (Wildman–Crippen MR) is 21.8 cm³/mol. The van der Waals surface area contributed by atoms with Crippen LogP contribution in [-0.4, -0.2) is 12.9 Å². The van der Waals surface area contributed by atoms with Crippen molar-refractivity contribution in [3.8, 4) is 0 Å². The minimum atomic E-state index is 0.755. The molecule has 0 heterocycles. The van der Waals surface area contributed by atoms with Crippen LogP contribution in [0.15, 0.2) is 0 Å². The van der Waals surface area contributed by atoms with Gasteiger partial charge in [-0.3, -0.25) is 10.7 Å². The molecule has 0 amide bonds. The zero-order chi connectivity index (χ0) is 4.28. The molecule has 0 bridgehead atoms. The molecule has 5 heavy (non-hydrogen) atoms. The second-order valence-corrected chi connectivity index (χ2v) is 0.933. The Morgan fingerprint density at radius 3 is 2.00 bits per heavy atom. The largest absolute Gasteiger partial charge is 0.291 e. The Morgan fingerprint density at radius 2 is 2.00 bits per heavy atom. The molecule has 0 aromatic heterocycles. The van der Waals surface area contributed by atoms with Gasteiger partial charge < -0.3 is 0 Å². The lowest BCUT2D eigenvalue weighted by Crippen LogP contribution is -2.69. The topological polar surface area (TPSA) is 40.0 Å². The summed E-state index contributed by atoms with van der Waals surface area (Å²) in [7, 11) is 1.79. The van der Waals surface area contributed by atoms with Gasteiger partial charge in [0.15, 0.2) is 0 Å². The summed E-state index contributed by atoms with van der Waals surface area (Å²) in [5, 5.41) is 0. The first kappa shape index (κ1) is 4.47. The number of hydrogen-bond acceptors (Lipinski definition) is 0. The second kappa shape index (κ2) is 1.76. The van der Waals surface area contributed by atoms with Gasteiger partial charge >= 0.3 is 0 Å². The third-order valence-corrected chi connectivity index (χ3v) is 0.394. The van der Waals surface area contributed by atoms with Crippen molar-refractivity contribution in [2.24, 2.45) is 5.73 Å². The number of rotatable bonds is 0. The van der Waals surface area contributed by atoms with Crippen LogP contribution in [0.4, 0.5) is 0 Å². The average Bonchev–Trinajstić information content (AvgIpc) is 1.38. The van der Waals surface area contributed by atoms with Gasteiger partial charge in [-0.1, -0.05) is 0 Å². The van der Waals surface area contributed by atoms with Crippen molar-refractivity contribution in [3.63, 3.8) is 0 Å². The van der Waals surface area contributed by atoms with Crippen LogP contribution in [0.1, 0.15) is 6.92 Å². The zero-order valence-corrected chi connectivity index (χ0v) is 3.58. The van der Waals surface area contributed by atoms with E-state index in [1.807, 2.05) is 0 Å². The predicted octanol–water partition coefficient (Wildman–Crippen LogP) is -1.93. The fourth-order valence-electron chi connectivity index (χ4n) is 0. The molecule has 0 aliphatic rings. The first-order chi connectivity index (χ1) is 2.27. The van der Waals surface area contributed by atoms with Crippen LogP contribution in [0.25, 0.3) is 0 Å². The van der Waals surface area contributed by atoms with Gasteiger partial charge in [0, 0.05) is 6.92 Å². The summed E-state index contributed by atoms with van der Waals surface area (Å²) in [5.41, 5.74) is 5.10. The van der Waals surface area contributed by atoms with E-state index in [2.05, 4.69) is 4.99 Å². The molecule has 2 nitrogen and oxygen atoms in total. The van der Waals surface area contributed by atoms with Crippen molar-refractivity contribution in [1.82, 2.24) is 0 Å². The van der Waals surface area contributed by atoms with Crippen LogP contribution >= 0.6 is 0 Å². The normalized spacial score (nSPS) is 12.0. The van der Waals surface area contributed by atoms with Gasteiger partial charge in [0.2, 0.25) is 5.84 Å². The van der Waals surface area contributed by atoms with E-state index in [1.165, 1.54) is 0 Å². The summed E-state index contributed by atoms with van der Waals surface area (Å²) < 4.78 is 0. The minimum absolute atomic E-state index is 0.755. The van der Waals surface area contributed by atoms with E-state index in [1.54, 1.807) is 14.0 Å². The highest BCUT2D eigenvalue weighted by Crippen LogP contribution is 1.26. The monoisotopic (exact) mass is 73.1 g/mol. The molecule has 0 saturated heterocycles. The van der Waals surface area contributed by atoms with E-state index in [9.17, 15) is 0 Å². The Morgan fingerprint density at radius 1 is 1.80 bits per heavy atom. The first-order valence-electron chi connectivity index (χ1n) is 1.54. The fourth-order valence-corrected chi connectivity index (χ4v) is 0. The molecule has 2 heteroatoms. The Labute approximate surface area is 31.7 Å². The molecule has 0 radical (unpaired) electrons. The van der Waals surface area contributed by atoms with Crippen molar-refractivity contribution in [3.05, 3.63) is 0 Å². The van der Waals surface area contributed by atoms with E-state index < -0.39 is 0 Å². The smallest absolute Gasteiger partial charge is 0.236 e. The average molecular weight is 73.1 g/mol. The standard InChI is InChI=1S/C3H8N2/c1-3(4)5-2/h1-2H3,(H2,4,5)/p+1. The Bertz CT molecular complexity index is 42.9. The molecule has 0 rings (SSSR count). The maximum Gasteiger partial charge on any atom is 0.236 e. The number of amidine groups is 1. The minimum Gasteiger partial charge on any atom is -0.291 e. The molecular weight excluding hydrogens is 64.0 g/mol. The lowest BCUT2D eigenvalue weighted by Gasteiger charge is -1.68. The highest BCUT2D eigenvalue weighted by Gasteiger charge is 1.70. The highest BCUT2D eigenvalue weighted by atomic mass is 14.8. The third-order valence-electron chi connectivity index (χ3n) is 0.394. The maximum absolute atomic E-state index is 5.10. The molecule has 0 aromatic carbocycles. The molecule has 0 aliphatic heterocycles. The summed E-state index contributed by atoms with van der Waals surface area (Å²) in [4.78, 5) is 2.72. The molecule has 0 aromatic rings. The summed E-state index contributed by atoms with van der Waals surface area (Å²) in [6.45, 7) is 1.81. The van der Waals surface area contributed by atoms with Gasteiger partial charge in [0.25, 0.3) is 0 Å². The van der Waals surface area contributed by atoms with Crippen molar-refractivity contribution < 1.29 is 4.99 Å². The quantitative estimate of drug-likeness (QED) is 0.254. The molecule has 3 N–H and O–H groups in total. The Balaban J connectivity index is 3.14. The molecule has 0 aliphatic carbocycles. The van der Waals surface area contributed by atoms with Crippen LogP contribution in [-0.2, 0) is 0 Å². The SMILES string of the molecule is C[NH+]=C(C)N. The summed E-state index contributed by atoms with van der Waals surface area (Å²) in [6.07, 6.45) is 0. The van der Waals surface area contributed by atoms with Gasteiger partial charge in [-0.05, 0) is 0 Å². The molecular formula is C3H9N2+. The lowest BCUT2D eigenvalue weighted by molar-refractivity contribution is -0.421. The van der Waals surface area contributed by atoms with Gasteiger partial charge in [0.1, 0.15) is 0 Å². The summed E-state index contributed by atoms with van der Waals surface area (Å²) >= 11 is 0. The second-order valence-electron chi connectivity index (χ2n) is 0.933. The third kappa shape index (κ3) is 3.47. The molecule has 30 valence electrons. The Kier molecular flexibility index (Phi) is 1.57. The van der Waals surface area contributed by atoms with E-state index in [0.29, 0.717) is 0 Å². The summed E-state index contributed by atoms with van der Waals surface area (Å²) in [6, 6.07) is 0. The highest BCUT2D eigenvalue weighted by molar-refractivity contribution is 5.70. The van der Waals surface area contributed by atoms with Crippen LogP contribution in [0.5, 0.6) is 0 Å². The molecule has 0 spiro atoms. The van der Waals surface area contributed by atoms with E-state index in [-0.39, 0.29) is 0 Å². The number of nitrogens with two attached hydrogens (primary N) is 1. The van der Waals surface area contributed by atoms with Gasteiger partial charge in [-0.15, -0.1) is 0 Å². The first-order valence-corrected chi connectivity index (χ1v) is 1.54. The molecule has 0 saturated carbocycles. The van der Waals surface area contributed by atoms with Gasteiger partial charge in [-0.2, -0.15) is 0 Å². The van der Waals surface area contributed by atoms with Crippen LogP contribution < -0.4 is 10.7 Å².